The lowest BCUT2D eigenvalue weighted by molar-refractivity contribution is 0.277. The first kappa shape index (κ1) is 18.0. The van der Waals surface area contributed by atoms with Crippen LogP contribution in [-0.4, -0.2) is 26.9 Å². The van der Waals surface area contributed by atoms with Gasteiger partial charge in [0.1, 0.15) is 23.8 Å². The Morgan fingerprint density at radius 1 is 1.18 bits per heavy atom. The van der Waals surface area contributed by atoms with E-state index in [1.807, 2.05) is 38.4 Å². The summed E-state index contributed by atoms with van der Waals surface area (Å²) in [6.07, 6.45) is 4.01. The molecule has 0 aliphatic heterocycles. The van der Waals surface area contributed by atoms with E-state index < -0.39 is 0 Å². The summed E-state index contributed by atoms with van der Waals surface area (Å²) < 4.78 is 27.7. The van der Waals surface area contributed by atoms with E-state index in [9.17, 15) is 4.39 Å². The van der Waals surface area contributed by atoms with Gasteiger partial charge in [0.2, 0.25) is 0 Å². The van der Waals surface area contributed by atoms with Crippen molar-refractivity contribution in [1.29, 1.82) is 0 Å². The highest BCUT2D eigenvalue weighted by atomic mass is 19.1. The van der Waals surface area contributed by atoms with E-state index in [0.29, 0.717) is 23.5 Å². The van der Waals surface area contributed by atoms with Crippen molar-refractivity contribution in [3.63, 3.8) is 0 Å². The van der Waals surface area contributed by atoms with Crippen LogP contribution in [0.4, 0.5) is 4.39 Å². The smallest absolute Gasteiger partial charge is 0.164 e. The van der Waals surface area contributed by atoms with Crippen molar-refractivity contribution in [1.82, 2.24) is 19.7 Å². The van der Waals surface area contributed by atoms with Crippen LogP contribution in [0, 0.1) is 12.7 Å². The number of aromatic nitrogens is 4. The number of fused-ring (bicyclic) bond motifs is 1. The molecule has 0 amide bonds. The summed E-state index contributed by atoms with van der Waals surface area (Å²) in [4.78, 5) is 7.39. The van der Waals surface area contributed by atoms with E-state index in [4.69, 9.17) is 9.47 Å². The van der Waals surface area contributed by atoms with Crippen LogP contribution in [0.15, 0.2) is 42.7 Å². The average Bonchev–Trinajstić information content (AvgIpc) is 3.25. The highest BCUT2D eigenvalue weighted by molar-refractivity contribution is 5.79. The molecule has 0 atom stereocenters. The minimum Gasteiger partial charge on any atom is -0.493 e. The molecule has 0 bridgehead atoms. The summed E-state index contributed by atoms with van der Waals surface area (Å²) in [5.41, 5.74) is 4.10. The quantitative estimate of drug-likeness (QED) is 0.551. The number of aromatic amines is 1. The maximum Gasteiger partial charge on any atom is 0.164 e. The molecule has 144 valence electrons. The first-order valence-electron chi connectivity index (χ1n) is 8.95. The fraction of sp³-hybridized carbons (Fsp3) is 0.238. The summed E-state index contributed by atoms with van der Waals surface area (Å²) in [6, 6.07) is 8.82. The molecule has 1 aromatic carbocycles. The summed E-state index contributed by atoms with van der Waals surface area (Å²) in [6.45, 7) is 2.21. The zero-order chi connectivity index (χ0) is 19.7. The van der Waals surface area contributed by atoms with Crippen molar-refractivity contribution < 1.29 is 13.9 Å². The first-order chi connectivity index (χ1) is 13.5. The van der Waals surface area contributed by atoms with Crippen LogP contribution < -0.4 is 9.47 Å². The number of hydrogen-bond donors (Lipinski definition) is 1. The number of benzene rings is 1. The third kappa shape index (κ3) is 3.43. The maximum atomic E-state index is 14.8. The number of nitrogens with zero attached hydrogens (tertiary/aromatic N) is 3. The van der Waals surface area contributed by atoms with Crippen LogP contribution in [0.2, 0.25) is 0 Å². The molecule has 0 aliphatic carbocycles. The Kier molecular flexibility index (Phi) is 4.73. The third-order valence-corrected chi connectivity index (χ3v) is 4.79. The highest BCUT2D eigenvalue weighted by Crippen LogP contribution is 2.32. The lowest BCUT2D eigenvalue weighted by Crippen LogP contribution is -2.02. The Hall–Kier alpha value is -3.35. The van der Waals surface area contributed by atoms with Gasteiger partial charge in [0.25, 0.3) is 0 Å². The molecule has 6 nitrogen and oxygen atoms in total. The largest absolute Gasteiger partial charge is 0.493 e. The van der Waals surface area contributed by atoms with Crippen molar-refractivity contribution in [2.75, 3.05) is 7.11 Å². The molecule has 0 saturated carbocycles. The molecule has 0 radical (unpaired) electrons. The predicted molar refractivity (Wildman–Crippen MR) is 104 cm³/mol. The molecule has 3 heterocycles. The van der Waals surface area contributed by atoms with Crippen molar-refractivity contribution in [2.45, 2.75) is 20.0 Å². The zero-order valence-corrected chi connectivity index (χ0v) is 16.0. The number of methoxy groups -OCH3 is 1. The van der Waals surface area contributed by atoms with Crippen molar-refractivity contribution in [3.8, 4) is 11.5 Å². The molecule has 4 aromatic rings. The SMILES string of the molecule is COc1cc(Cc2c[nH]c3ncccc23)c(F)cc1OCc1cc(C)n(C)n1. The maximum absolute atomic E-state index is 14.8. The Labute approximate surface area is 161 Å². The van der Waals surface area contributed by atoms with Crippen LogP contribution >= 0.6 is 0 Å². The molecule has 0 unspecified atom stereocenters. The minimum absolute atomic E-state index is 0.241. The number of hydrogen-bond acceptors (Lipinski definition) is 4. The Balaban J connectivity index is 1.58. The summed E-state index contributed by atoms with van der Waals surface area (Å²) in [7, 11) is 3.42. The normalized spacial score (nSPS) is 11.1. The molecule has 4 rings (SSSR count). The van der Waals surface area contributed by atoms with Crippen LogP contribution in [0.1, 0.15) is 22.5 Å². The fourth-order valence-electron chi connectivity index (χ4n) is 3.21. The monoisotopic (exact) mass is 380 g/mol. The van der Waals surface area contributed by atoms with Crippen molar-refractivity contribution in [2.24, 2.45) is 7.05 Å². The topological polar surface area (TPSA) is 65.0 Å². The predicted octanol–water partition coefficient (Wildman–Crippen LogP) is 3.92. The second kappa shape index (κ2) is 7.34. The molecule has 7 heteroatoms. The third-order valence-electron chi connectivity index (χ3n) is 4.79. The molecule has 0 spiro atoms. The van der Waals surface area contributed by atoms with Gasteiger partial charge in [-0.1, -0.05) is 0 Å². The van der Waals surface area contributed by atoms with Crippen LogP contribution in [0.3, 0.4) is 0 Å². The van der Waals surface area contributed by atoms with Gasteiger partial charge >= 0.3 is 0 Å². The zero-order valence-electron chi connectivity index (χ0n) is 16.0. The number of rotatable bonds is 6. The van der Waals surface area contributed by atoms with Crippen LogP contribution in [0.5, 0.6) is 11.5 Å². The molecule has 0 aliphatic rings. The van der Waals surface area contributed by atoms with E-state index in [-0.39, 0.29) is 12.4 Å². The Bertz CT molecular complexity index is 1110. The van der Waals surface area contributed by atoms with Crippen molar-refractivity contribution in [3.05, 3.63) is 71.1 Å². The highest BCUT2D eigenvalue weighted by Gasteiger charge is 2.15. The molecule has 3 aromatic heterocycles. The van der Waals surface area contributed by atoms with Crippen LogP contribution in [0.25, 0.3) is 11.0 Å². The van der Waals surface area contributed by atoms with Gasteiger partial charge in [-0.2, -0.15) is 5.10 Å². The molecule has 1 N–H and O–H groups in total. The number of H-pyrrole nitrogens is 1. The van der Waals surface area contributed by atoms with Gasteiger partial charge < -0.3 is 14.5 Å². The van der Waals surface area contributed by atoms with Gasteiger partial charge in [-0.3, -0.25) is 4.68 Å². The summed E-state index contributed by atoms with van der Waals surface area (Å²) in [5, 5.41) is 5.33. The van der Waals surface area contributed by atoms with Gasteiger partial charge in [0.05, 0.1) is 7.11 Å². The van der Waals surface area contributed by atoms with Gasteiger partial charge in [0, 0.05) is 43.0 Å². The summed E-state index contributed by atoms with van der Waals surface area (Å²) in [5.74, 6) is 0.501. The average molecular weight is 380 g/mol. The van der Waals surface area contributed by atoms with E-state index in [0.717, 1.165) is 28.0 Å². The second-order valence-corrected chi connectivity index (χ2v) is 6.67. The van der Waals surface area contributed by atoms with Crippen molar-refractivity contribution >= 4 is 11.0 Å². The minimum atomic E-state index is -0.341. The fourth-order valence-corrected chi connectivity index (χ4v) is 3.21. The first-order valence-corrected chi connectivity index (χ1v) is 8.95. The Morgan fingerprint density at radius 3 is 2.79 bits per heavy atom. The Morgan fingerprint density at radius 2 is 2.04 bits per heavy atom. The summed E-state index contributed by atoms with van der Waals surface area (Å²) >= 11 is 0. The van der Waals surface area contributed by atoms with Gasteiger partial charge in [-0.15, -0.1) is 0 Å². The van der Waals surface area contributed by atoms with E-state index >= 15 is 0 Å². The van der Waals surface area contributed by atoms with E-state index in [1.165, 1.54) is 6.07 Å². The van der Waals surface area contributed by atoms with E-state index in [1.54, 1.807) is 24.1 Å². The van der Waals surface area contributed by atoms with Gasteiger partial charge in [0.15, 0.2) is 11.5 Å². The lowest BCUT2D eigenvalue weighted by atomic mass is 10.0. The van der Waals surface area contributed by atoms with E-state index in [2.05, 4.69) is 15.1 Å². The number of nitrogens with one attached hydrogen (secondary N) is 1. The number of pyridine rings is 1. The number of halogens is 1. The lowest BCUT2D eigenvalue weighted by Gasteiger charge is -2.12. The van der Waals surface area contributed by atoms with Crippen LogP contribution in [-0.2, 0) is 20.1 Å². The second-order valence-electron chi connectivity index (χ2n) is 6.67. The van der Waals surface area contributed by atoms with Gasteiger partial charge in [-0.25, -0.2) is 9.37 Å². The molecule has 0 fully saturated rings. The molecule has 28 heavy (non-hydrogen) atoms. The molecular weight excluding hydrogens is 359 g/mol. The molecule has 0 saturated heterocycles. The number of aryl methyl sites for hydroxylation is 2. The molecular formula is C21H21FN4O2. The van der Waals surface area contributed by atoms with Gasteiger partial charge in [-0.05, 0) is 42.3 Å². The number of ether oxygens (including phenoxy) is 2. The standard InChI is InChI=1S/C21H21FN4O2/c1-13-7-16(25-26(13)2)12-28-20-10-18(22)14(9-19(20)27-3)8-15-11-24-21-17(15)5-4-6-23-21/h4-7,9-11H,8,12H2,1-3H3,(H,23,24).